The molecule has 7 nitrogen and oxygen atoms in total. The third-order valence-corrected chi connectivity index (χ3v) is 3.33. The molecule has 0 fully saturated rings. The van der Waals surface area contributed by atoms with E-state index in [-0.39, 0.29) is 19.8 Å². The van der Waals surface area contributed by atoms with E-state index < -0.39 is 18.0 Å². The van der Waals surface area contributed by atoms with Crippen molar-refractivity contribution in [3.05, 3.63) is 23.8 Å². The van der Waals surface area contributed by atoms with Gasteiger partial charge in [-0.05, 0) is 24.2 Å². The van der Waals surface area contributed by atoms with Crippen molar-refractivity contribution in [3.63, 3.8) is 0 Å². The Morgan fingerprint density at radius 2 is 2.00 bits per heavy atom. The molecule has 0 spiro atoms. The van der Waals surface area contributed by atoms with Gasteiger partial charge in [0.15, 0.2) is 11.5 Å². The molecule has 0 radical (unpaired) electrons. The minimum absolute atomic E-state index is 0.109. The summed E-state index contributed by atoms with van der Waals surface area (Å²) in [7, 11) is 0. The van der Waals surface area contributed by atoms with Gasteiger partial charge in [-0.25, -0.2) is 0 Å². The molecule has 0 aromatic heterocycles. The number of hydrogen-bond donors (Lipinski definition) is 2. The maximum absolute atomic E-state index is 11.6. The molecule has 0 saturated heterocycles. The Morgan fingerprint density at radius 1 is 1.29 bits per heavy atom. The molecule has 0 saturated carbocycles. The van der Waals surface area contributed by atoms with Crippen molar-refractivity contribution in [2.75, 3.05) is 19.9 Å². The van der Waals surface area contributed by atoms with Crippen molar-refractivity contribution >= 4 is 11.9 Å². The summed E-state index contributed by atoms with van der Waals surface area (Å²) in [4.78, 5) is 23.9. The molecule has 2 N–H and O–H groups in total. The SMILES string of the molecule is CCN(CCC(=O)O)C(C(=O)O)c1ccc2c(c1)OCO2. The van der Waals surface area contributed by atoms with Gasteiger partial charge in [0.1, 0.15) is 6.04 Å². The predicted molar refractivity (Wildman–Crippen MR) is 72.4 cm³/mol. The first-order valence-electron chi connectivity index (χ1n) is 6.61. The molecule has 114 valence electrons. The van der Waals surface area contributed by atoms with Gasteiger partial charge in [0.2, 0.25) is 6.79 Å². The van der Waals surface area contributed by atoms with Crippen LogP contribution in [0.4, 0.5) is 0 Å². The molecule has 1 aliphatic heterocycles. The largest absolute Gasteiger partial charge is 0.481 e. The van der Waals surface area contributed by atoms with Crippen LogP contribution < -0.4 is 9.47 Å². The zero-order valence-corrected chi connectivity index (χ0v) is 11.6. The fraction of sp³-hybridized carbons (Fsp3) is 0.429. The Morgan fingerprint density at radius 3 is 2.62 bits per heavy atom. The van der Waals surface area contributed by atoms with E-state index in [0.29, 0.717) is 23.6 Å². The number of ether oxygens (including phenoxy) is 2. The van der Waals surface area contributed by atoms with E-state index in [1.54, 1.807) is 30.0 Å². The van der Waals surface area contributed by atoms with Gasteiger partial charge >= 0.3 is 11.9 Å². The Hall–Kier alpha value is -2.28. The minimum atomic E-state index is -1.03. The third-order valence-electron chi connectivity index (χ3n) is 3.33. The Bertz CT molecular complexity index is 544. The van der Waals surface area contributed by atoms with Crippen LogP contribution in [-0.4, -0.2) is 46.9 Å². The Labute approximate surface area is 121 Å². The fourth-order valence-electron chi connectivity index (χ4n) is 2.30. The highest BCUT2D eigenvalue weighted by atomic mass is 16.7. The van der Waals surface area contributed by atoms with Crippen molar-refractivity contribution in [2.45, 2.75) is 19.4 Å². The van der Waals surface area contributed by atoms with Crippen LogP contribution in [0.25, 0.3) is 0 Å². The lowest BCUT2D eigenvalue weighted by atomic mass is 10.0. The molecule has 7 heteroatoms. The van der Waals surface area contributed by atoms with E-state index >= 15 is 0 Å². The van der Waals surface area contributed by atoms with Crippen LogP contribution in [0, 0.1) is 0 Å². The van der Waals surface area contributed by atoms with Crippen LogP contribution in [0.15, 0.2) is 18.2 Å². The number of rotatable bonds is 7. The van der Waals surface area contributed by atoms with Gasteiger partial charge in [0, 0.05) is 6.54 Å². The number of fused-ring (bicyclic) bond motifs is 1. The average Bonchev–Trinajstić information content (AvgIpc) is 2.89. The van der Waals surface area contributed by atoms with E-state index in [1.807, 2.05) is 0 Å². The summed E-state index contributed by atoms with van der Waals surface area (Å²) in [5, 5.41) is 18.2. The van der Waals surface area contributed by atoms with Crippen LogP contribution in [0.3, 0.4) is 0 Å². The van der Waals surface area contributed by atoms with Gasteiger partial charge < -0.3 is 19.7 Å². The monoisotopic (exact) mass is 295 g/mol. The highest BCUT2D eigenvalue weighted by molar-refractivity contribution is 5.76. The number of nitrogens with zero attached hydrogens (tertiary/aromatic N) is 1. The maximum atomic E-state index is 11.6. The molecule has 1 aromatic carbocycles. The summed E-state index contributed by atoms with van der Waals surface area (Å²) in [5.41, 5.74) is 0.541. The zero-order chi connectivity index (χ0) is 15.4. The predicted octanol–water partition coefficient (Wildman–Crippen LogP) is 1.34. The van der Waals surface area contributed by atoms with Crippen molar-refractivity contribution in [1.29, 1.82) is 0 Å². The number of carboxylic acids is 2. The molecule has 0 amide bonds. The fourth-order valence-corrected chi connectivity index (χ4v) is 2.30. The zero-order valence-electron chi connectivity index (χ0n) is 11.6. The van der Waals surface area contributed by atoms with Crippen LogP contribution in [0.5, 0.6) is 11.5 Å². The first-order chi connectivity index (χ1) is 10.0. The standard InChI is InChI=1S/C14H17NO6/c1-2-15(6-5-12(16)17)13(14(18)19)9-3-4-10-11(7-9)21-8-20-10/h3-4,7,13H,2,5-6,8H2,1H3,(H,16,17)(H,18,19). The lowest BCUT2D eigenvalue weighted by molar-refractivity contribution is -0.145. The molecular formula is C14H17NO6. The molecule has 2 rings (SSSR count). The van der Waals surface area contributed by atoms with Crippen molar-refractivity contribution in [2.24, 2.45) is 0 Å². The van der Waals surface area contributed by atoms with Crippen LogP contribution in [-0.2, 0) is 9.59 Å². The van der Waals surface area contributed by atoms with Crippen LogP contribution in [0.1, 0.15) is 24.9 Å². The summed E-state index contributed by atoms with van der Waals surface area (Å²) in [6.45, 7) is 2.51. The molecule has 1 atom stereocenters. The lowest BCUT2D eigenvalue weighted by Crippen LogP contribution is -2.35. The second kappa shape index (κ2) is 6.45. The molecule has 0 aliphatic carbocycles. The molecule has 1 heterocycles. The van der Waals surface area contributed by atoms with E-state index in [1.165, 1.54) is 0 Å². The number of carbonyl (C=O) groups is 2. The summed E-state index contributed by atoms with van der Waals surface area (Å²) in [6, 6.07) is 4.04. The molecule has 1 aliphatic rings. The normalized spacial score (nSPS) is 14.2. The van der Waals surface area contributed by atoms with Gasteiger partial charge in [0.05, 0.1) is 6.42 Å². The van der Waals surface area contributed by atoms with Gasteiger partial charge in [-0.2, -0.15) is 0 Å². The van der Waals surface area contributed by atoms with Gasteiger partial charge in [0.25, 0.3) is 0 Å². The smallest absolute Gasteiger partial charge is 0.325 e. The molecule has 1 aromatic rings. The average molecular weight is 295 g/mol. The quantitative estimate of drug-likeness (QED) is 0.783. The van der Waals surface area contributed by atoms with E-state index in [2.05, 4.69) is 0 Å². The summed E-state index contributed by atoms with van der Waals surface area (Å²) in [6.07, 6.45) is -0.109. The highest BCUT2D eigenvalue weighted by Crippen LogP contribution is 2.35. The topological polar surface area (TPSA) is 96.3 Å². The third kappa shape index (κ3) is 3.43. The van der Waals surface area contributed by atoms with Gasteiger partial charge in [-0.3, -0.25) is 14.5 Å². The maximum Gasteiger partial charge on any atom is 0.325 e. The highest BCUT2D eigenvalue weighted by Gasteiger charge is 2.28. The van der Waals surface area contributed by atoms with Crippen LogP contribution in [0.2, 0.25) is 0 Å². The van der Waals surface area contributed by atoms with E-state index in [0.717, 1.165) is 0 Å². The second-order valence-corrected chi connectivity index (χ2v) is 4.63. The summed E-state index contributed by atoms with van der Waals surface area (Å²) >= 11 is 0. The van der Waals surface area contributed by atoms with Crippen LogP contribution >= 0.6 is 0 Å². The van der Waals surface area contributed by atoms with E-state index in [9.17, 15) is 14.7 Å². The number of benzene rings is 1. The molecule has 0 bridgehead atoms. The number of likely N-dealkylation sites (N-methyl/N-ethyl adjacent to an activating group) is 1. The van der Waals surface area contributed by atoms with Gasteiger partial charge in [-0.1, -0.05) is 13.0 Å². The first kappa shape index (κ1) is 15.1. The number of hydrogen-bond acceptors (Lipinski definition) is 5. The lowest BCUT2D eigenvalue weighted by Gasteiger charge is -2.27. The number of carboxylic acid groups (broad SMARTS) is 2. The Balaban J connectivity index is 2.24. The van der Waals surface area contributed by atoms with Crippen molar-refractivity contribution in [3.8, 4) is 11.5 Å². The van der Waals surface area contributed by atoms with E-state index in [4.69, 9.17) is 14.6 Å². The second-order valence-electron chi connectivity index (χ2n) is 4.63. The van der Waals surface area contributed by atoms with Crippen molar-refractivity contribution in [1.82, 2.24) is 4.90 Å². The van der Waals surface area contributed by atoms with Gasteiger partial charge in [-0.15, -0.1) is 0 Å². The minimum Gasteiger partial charge on any atom is -0.481 e. The molecule has 21 heavy (non-hydrogen) atoms. The Kier molecular flexibility index (Phi) is 4.64. The molecular weight excluding hydrogens is 278 g/mol. The van der Waals surface area contributed by atoms with Crippen molar-refractivity contribution < 1.29 is 29.3 Å². The summed E-state index contributed by atoms with van der Waals surface area (Å²) in [5.74, 6) is -0.895. The first-order valence-corrected chi connectivity index (χ1v) is 6.61. The molecule has 1 unspecified atom stereocenters. The number of aliphatic carboxylic acids is 2. The summed E-state index contributed by atoms with van der Waals surface area (Å²) < 4.78 is 10.5.